The summed E-state index contributed by atoms with van der Waals surface area (Å²) in [5.74, 6) is 2.47. The Labute approximate surface area is 306 Å². The first kappa shape index (κ1) is 39.2. The fourth-order valence-corrected chi connectivity index (χ4v) is 7.47. The van der Waals surface area contributed by atoms with Crippen LogP contribution in [-0.4, -0.2) is 54.1 Å². The number of rotatable bonds is 15. The molecule has 1 aliphatic rings. The molecule has 0 radical (unpaired) electrons. The lowest BCUT2D eigenvalue weighted by molar-refractivity contribution is 0.284. The summed E-state index contributed by atoms with van der Waals surface area (Å²) in [6.07, 6.45) is 4.77. The number of unbranched alkanes of at least 4 members (excludes halogenated alkanes) is 1. The average Bonchev–Trinajstić information content (AvgIpc) is 3.31. The second-order valence-electron chi connectivity index (χ2n) is 12.6. The van der Waals surface area contributed by atoms with Crippen molar-refractivity contribution in [1.82, 2.24) is 4.31 Å². The Bertz CT molecular complexity index is 1580. The smallest absolute Gasteiger partial charge is 0.142 e. The van der Waals surface area contributed by atoms with Gasteiger partial charge in [-0.3, -0.25) is 0 Å². The van der Waals surface area contributed by atoms with Crippen LogP contribution in [0.25, 0.3) is 0 Å². The van der Waals surface area contributed by atoms with Gasteiger partial charge in [0.25, 0.3) is 0 Å². The number of aryl methyl sites for hydroxylation is 1. The molecule has 0 fully saturated rings. The zero-order valence-corrected chi connectivity index (χ0v) is 31.8. The minimum absolute atomic E-state index is 0.130. The fraction of sp³-hybridized carbons (Fsp3) is 0.415. The molecule has 1 aliphatic heterocycles. The molecule has 270 valence electrons. The molecule has 0 saturated carbocycles. The first-order valence-corrected chi connectivity index (χ1v) is 19.2. The summed E-state index contributed by atoms with van der Waals surface area (Å²) in [6.45, 7) is 9.57. The van der Waals surface area contributed by atoms with E-state index in [9.17, 15) is 9.32 Å². The minimum atomic E-state index is -1.48. The van der Waals surface area contributed by atoms with Gasteiger partial charge in [0.15, 0.2) is 0 Å². The lowest BCUT2D eigenvalue weighted by atomic mass is 9.92. The van der Waals surface area contributed by atoms with Crippen molar-refractivity contribution in [2.75, 3.05) is 45.4 Å². The molecule has 2 unspecified atom stereocenters. The van der Waals surface area contributed by atoms with Gasteiger partial charge in [0.05, 0.1) is 31.4 Å². The van der Waals surface area contributed by atoms with Crippen molar-refractivity contribution < 1.29 is 23.5 Å². The van der Waals surface area contributed by atoms with Crippen LogP contribution in [0, 0.1) is 0 Å². The van der Waals surface area contributed by atoms with Crippen LogP contribution in [0.4, 0.5) is 5.69 Å². The number of hydrogen-bond donors (Lipinski definition) is 1. The maximum absolute atomic E-state index is 14.5. The van der Waals surface area contributed by atoms with Crippen LogP contribution in [-0.2, 0) is 30.5 Å². The van der Waals surface area contributed by atoms with E-state index in [2.05, 4.69) is 37.8 Å². The molecule has 7 nitrogen and oxygen atoms in total. The van der Waals surface area contributed by atoms with Crippen molar-refractivity contribution in [1.29, 1.82) is 0 Å². The molecular formula is C41H53ClN2O5S. The molecule has 0 amide bonds. The van der Waals surface area contributed by atoms with Crippen molar-refractivity contribution in [2.45, 2.75) is 76.8 Å². The maximum atomic E-state index is 14.5. The molecule has 0 aliphatic carbocycles. The van der Waals surface area contributed by atoms with Gasteiger partial charge in [-0.05, 0) is 96.1 Å². The van der Waals surface area contributed by atoms with Gasteiger partial charge in [-0.1, -0.05) is 75.5 Å². The number of anilines is 1. The molecule has 4 aromatic rings. The van der Waals surface area contributed by atoms with E-state index >= 15 is 0 Å². The number of halogens is 1. The molecule has 9 heteroatoms. The number of benzene rings is 4. The number of fused-ring (bicyclic) bond motifs is 1. The van der Waals surface area contributed by atoms with Crippen LogP contribution < -0.4 is 19.1 Å². The van der Waals surface area contributed by atoms with Gasteiger partial charge in [0.1, 0.15) is 28.2 Å². The van der Waals surface area contributed by atoms with Crippen molar-refractivity contribution in [3.05, 3.63) is 112 Å². The Hall–Kier alpha value is -3.56. The molecule has 0 aromatic heterocycles. The molecule has 0 spiro atoms. The van der Waals surface area contributed by atoms with E-state index in [1.807, 2.05) is 77.1 Å². The Morgan fingerprint density at radius 1 is 0.880 bits per heavy atom. The first-order valence-electron chi connectivity index (χ1n) is 17.7. The third-order valence-electron chi connectivity index (χ3n) is 8.52. The van der Waals surface area contributed by atoms with E-state index in [0.29, 0.717) is 31.0 Å². The molecule has 4 aromatic carbocycles. The first-order chi connectivity index (χ1) is 24.3. The topological polar surface area (TPSA) is 71.5 Å². The quantitative estimate of drug-likeness (QED) is 0.124. The van der Waals surface area contributed by atoms with Gasteiger partial charge < -0.3 is 24.2 Å². The van der Waals surface area contributed by atoms with Crippen molar-refractivity contribution in [3.63, 3.8) is 0 Å². The molecule has 1 N–H and O–H groups in total. The second-order valence-corrected chi connectivity index (χ2v) is 14.5. The van der Waals surface area contributed by atoms with Crippen LogP contribution in [0.15, 0.2) is 89.8 Å². The van der Waals surface area contributed by atoms with Gasteiger partial charge in [-0.15, -0.1) is 0 Å². The molecule has 5 rings (SSSR count). The summed E-state index contributed by atoms with van der Waals surface area (Å²) < 4.78 is 33.6. The highest BCUT2D eigenvalue weighted by Crippen LogP contribution is 2.38. The highest BCUT2D eigenvalue weighted by Gasteiger charge is 2.27. The zero-order valence-electron chi connectivity index (χ0n) is 30.2. The van der Waals surface area contributed by atoms with E-state index in [4.69, 9.17) is 25.8 Å². The number of hydrogen-bond acceptors (Lipinski definition) is 6. The average molecular weight is 721 g/mol. The van der Waals surface area contributed by atoms with Crippen LogP contribution >= 0.6 is 11.6 Å². The van der Waals surface area contributed by atoms with E-state index in [1.54, 1.807) is 14.2 Å². The molecule has 0 bridgehead atoms. The number of ether oxygens (including phenoxy) is 3. The van der Waals surface area contributed by atoms with Gasteiger partial charge in [-0.2, -0.15) is 0 Å². The monoisotopic (exact) mass is 720 g/mol. The normalized spacial score (nSPS) is 14.6. The Balaban J connectivity index is 0.00000181. The maximum Gasteiger partial charge on any atom is 0.142 e. The van der Waals surface area contributed by atoms with Gasteiger partial charge in [-0.25, -0.2) is 8.51 Å². The zero-order chi connectivity index (χ0) is 35.9. The number of nitrogens with zero attached hydrogens (tertiary/aromatic N) is 2. The lowest BCUT2D eigenvalue weighted by Crippen LogP contribution is -2.30. The van der Waals surface area contributed by atoms with Crippen molar-refractivity contribution in [2.24, 2.45) is 0 Å². The van der Waals surface area contributed by atoms with Crippen LogP contribution in [0.1, 0.15) is 74.6 Å². The number of methoxy groups -OCH3 is 2. The third-order valence-corrected chi connectivity index (χ3v) is 10.1. The molecule has 50 heavy (non-hydrogen) atoms. The molecule has 1 heterocycles. The van der Waals surface area contributed by atoms with Crippen LogP contribution in [0.5, 0.6) is 17.2 Å². The highest BCUT2D eigenvalue weighted by atomic mass is 35.5. The Kier molecular flexibility index (Phi) is 16.0. The number of aliphatic hydroxyl groups is 1. The minimum Gasteiger partial charge on any atom is -0.497 e. The summed E-state index contributed by atoms with van der Waals surface area (Å²) >= 11 is 6.40. The molecule has 0 saturated heterocycles. The van der Waals surface area contributed by atoms with Gasteiger partial charge >= 0.3 is 0 Å². The fourth-order valence-electron chi connectivity index (χ4n) is 6.05. The standard InChI is InChI=1S/C38H45ClN2O5S.C3H8/c1-4-7-30-22-32(39)12-18-36(30)31-26-40(20-5-6-21-42)37-23-35(17-19-38(37)46-27-31)47(43)41(24-28-8-13-33(44-2)14-9-28)25-29-10-15-34(45-3)16-11-29;1-3-2/h8-19,22-23,31,42H,4-7,20-21,24-27H2,1-3H3;3H2,1-2H3. The summed E-state index contributed by atoms with van der Waals surface area (Å²) in [5.41, 5.74) is 5.50. The molecule has 2 atom stereocenters. The summed E-state index contributed by atoms with van der Waals surface area (Å²) in [6, 6.07) is 27.8. The van der Waals surface area contributed by atoms with E-state index in [-0.39, 0.29) is 12.5 Å². The summed E-state index contributed by atoms with van der Waals surface area (Å²) in [5, 5.41) is 10.3. The SMILES string of the molecule is CCC.CCCc1cc(Cl)ccc1C1COc2ccc(S(=O)N(Cc3ccc(OC)cc3)Cc3ccc(OC)cc3)cc2N(CCCCO)C1. The van der Waals surface area contributed by atoms with Crippen LogP contribution in [0.2, 0.25) is 5.02 Å². The van der Waals surface area contributed by atoms with Gasteiger partial charge in [0.2, 0.25) is 0 Å². The predicted octanol–water partition coefficient (Wildman–Crippen LogP) is 9.21. The lowest BCUT2D eigenvalue weighted by Gasteiger charge is -2.28. The van der Waals surface area contributed by atoms with Gasteiger partial charge in [0, 0.05) is 43.7 Å². The highest BCUT2D eigenvalue weighted by molar-refractivity contribution is 7.82. The summed E-state index contributed by atoms with van der Waals surface area (Å²) in [4.78, 5) is 3.04. The number of aliphatic hydroxyl groups excluding tert-OH is 1. The third kappa shape index (κ3) is 11.0. The van der Waals surface area contributed by atoms with E-state index in [1.165, 1.54) is 17.5 Å². The molecular weight excluding hydrogens is 668 g/mol. The Morgan fingerprint density at radius 3 is 2.06 bits per heavy atom. The predicted molar refractivity (Wildman–Crippen MR) is 206 cm³/mol. The largest absolute Gasteiger partial charge is 0.497 e. The van der Waals surface area contributed by atoms with Crippen molar-refractivity contribution >= 4 is 28.3 Å². The van der Waals surface area contributed by atoms with E-state index in [0.717, 1.165) is 71.4 Å². The van der Waals surface area contributed by atoms with Crippen LogP contribution in [0.3, 0.4) is 0 Å². The Morgan fingerprint density at radius 2 is 1.50 bits per heavy atom. The van der Waals surface area contributed by atoms with Crippen molar-refractivity contribution in [3.8, 4) is 17.2 Å². The second kappa shape index (κ2) is 20.3. The summed E-state index contributed by atoms with van der Waals surface area (Å²) in [7, 11) is 1.82. The van der Waals surface area contributed by atoms with E-state index < -0.39 is 11.0 Å².